The number of hydrogen-bond acceptors (Lipinski definition) is 2. The highest BCUT2D eigenvalue weighted by Gasteiger charge is 2.32. The van der Waals surface area contributed by atoms with Crippen molar-refractivity contribution in [3.63, 3.8) is 0 Å². The molecule has 2 aliphatic carbocycles. The van der Waals surface area contributed by atoms with Crippen molar-refractivity contribution in [2.75, 3.05) is 0 Å². The molecule has 0 bridgehead atoms. The molecule has 0 aliphatic heterocycles. The van der Waals surface area contributed by atoms with Crippen molar-refractivity contribution < 1.29 is 9.59 Å². The Kier molecular flexibility index (Phi) is 5.67. The lowest BCUT2D eigenvalue weighted by Gasteiger charge is -2.23. The lowest BCUT2D eigenvalue weighted by molar-refractivity contribution is -0.132. The number of halogens is 1. The number of nitrogens with zero attached hydrogens (tertiary/aromatic N) is 1. The second-order valence-corrected chi connectivity index (χ2v) is 8.26. The molecule has 2 saturated carbocycles. The Morgan fingerprint density at radius 1 is 1.00 bits per heavy atom. The van der Waals surface area contributed by atoms with Crippen LogP contribution in [-0.4, -0.2) is 28.8 Å². The summed E-state index contributed by atoms with van der Waals surface area (Å²) in [6.45, 7) is 0.601. The van der Waals surface area contributed by atoms with Crippen molar-refractivity contribution in [1.82, 2.24) is 10.2 Å². The molecule has 146 valence electrons. The third-order valence-electron chi connectivity index (χ3n) is 5.31. The second kappa shape index (κ2) is 8.36. The quantitative estimate of drug-likeness (QED) is 0.720. The van der Waals surface area contributed by atoms with Crippen molar-refractivity contribution in [2.24, 2.45) is 0 Å². The first-order valence-corrected chi connectivity index (χ1v) is 10.4. The molecule has 2 aliphatic rings. The maximum absolute atomic E-state index is 12.8. The highest BCUT2D eigenvalue weighted by atomic mass is 35.5. The monoisotopic (exact) mass is 396 g/mol. The maximum Gasteiger partial charge on any atom is 0.251 e. The topological polar surface area (TPSA) is 49.4 Å². The van der Waals surface area contributed by atoms with E-state index in [1.165, 1.54) is 0 Å². The van der Waals surface area contributed by atoms with Crippen LogP contribution in [0.25, 0.3) is 0 Å². The summed E-state index contributed by atoms with van der Waals surface area (Å²) in [6.07, 6.45) is 5.49. The first kappa shape index (κ1) is 19.0. The average molecular weight is 397 g/mol. The fraction of sp³-hybridized carbons (Fsp3) is 0.391. The summed E-state index contributed by atoms with van der Waals surface area (Å²) in [5, 5.41) is 3.70. The van der Waals surface area contributed by atoms with Gasteiger partial charge in [-0.3, -0.25) is 9.59 Å². The number of hydrogen-bond donors (Lipinski definition) is 1. The van der Waals surface area contributed by atoms with E-state index < -0.39 is 0 Å². The molecule has 0 unspecified atom stereocenters. The van der Waals surface area contributed by atoms with Gasteiger partial charge in [-0.1, -0.05) is 35.9 Å². The Labute approximate surface area is 170 Å². The fourth-order valence-corrected chi connectivity index (χ4v) is 3.56. The van der Waals surface area contributed by atoms with E-state index in [0.29, 0.717) is 42.1 Å². The summed E-state index contributed by atoms with van der Waals surface area (Å²) < 4.78 is 0. The minimum atomic E-state index is -0.00861. The number of aryl methyl sites for hydroxylation is 1. The smallest absolute Gasteiger partial charge is 0.251 e. The highest BCUT2D eigenvalue weighted by molar-refractivity contribution is 6.30. The van der Waals surface area contributed by atoms with Gasteiger partial charge in [-0.25, -0.2) is 0 Å². The summed E-state index contributed by atoms with van der Waals surface area (Å²) in [6, 6.07) is 16.0. The Morgan fingerprint density at radius 2 is 1.75 bits per heavy atom. The van der Waals surface area contributed by atoms with Crippen molar-refractivity contribution in [3.8, 4) is 0 Å². The van der Waals surface area contributed by atoms with Gasteiger partial charge in [0.25, 0.3) is 5.91 Å². The van der Waals surface area contributed by atoms with Crippen LogP contribution in [0.1, 0.15) is 53.6 Å². The molecule has 4 rings (SSSR count). The van der Waals surface area contributed by atoms with Gasteiger partial charge < -0.3 is 10.2 Å². The Balaban J connectivity index is 1.35. The number of nitrogens with one attached hydrogen (secondary N) is 1. The SMILES string of the molecule is O=C(NC1CC1)c1ccc(CN(C(=O)CCc2cccc(Cl)c2)C2CC2)cc1. The summed E-state index contributed by atoms with van der Waals surface area (Å²) in [5.74, 6) is 0.170. The number of rotatable bonds is 8. The van der Waals surface area contributed by atoms with Gasteiger partial charge in [0.1, 0.15) is 0 Å². The van der Waals surface area contributed by atoms with Crippen LogP contribution < -0.4 is 5.32 Å². The van der Waals surface area contributed by atoms with Gasteiger partial charge in [0.2, 0.25) is 5.91 Å². The Morgan fingerprint density at radius 3 is 2.39 bits per heavy atom. The Bertz CT molecular complexity index is 857. The fourth-order valence-electron chi connectivity index (χ4n) is 3.35. The van der Waals surface area contributed by atoms with Crippen molar-refractivity contribution in [2.45, 2.75) is 57.2 Å². The molecule has 0 heterocycles. The number of carbonyl (C=O) groups is 2. The van der Waals surface area contributed by atoms with E-state index in [0.717, 1.165) is 36.8 Å². The van der Waals surface area contributed by atoms with Crippen LogP contribution in [0.3, 0.4) is 0 Å². The third-order valence-corrected chi connectivity index (χ3v) is 5.54. The zero-order valence-corrected chi connectivity index (χ0v) is 16.6. The number of benzene rings is 2. The average Bonchev–Trinajstić information content (AvgIpc) is 3.59. The zero-order chi connectivity index (χ0) is 19.5. The van der Waals surface area contributed by atoms with E-state index in [1.54, 1.807) is 0 Å². The predicted octanol–water partition coefficient (Wildman–Crippen LogP) is 4.36. The second-order valence-electron chi connectivity index (χ2n) is 7.83. The van der Waals surface area contributed by atoms with Gasteiger partial charge in [-0.15, -0.1) is 0 Å². The largest absolute Gasteiger partial charge is 0.349 e. The van der Waals surface area contributed by atoms with Crippen LogP contribution in [0, 0.1) is 0 Å². The third kappa shape index (κ3) is 5.14. The molecule has 0 atom stereocenters. The minimum Gasteiger partial charge on any atom is -0.349 e. The van der Waals surface area contributed by atoms with Gasteiger partial charge >= 0.3 is 0 Å². The van der Waals surface area contributed by atoms with Crippen LogP contribution in [0.2, 0.25) is 5.02 Å². The van der Waals surface area contributed by atoms with Crippen LogP contribution in [0.5, 0.6) is 0 Å². The normalized spacial score (nSPS) is 15.9. The highest BCUT2D eigenvalue weighted by Crippen LogP contribution is 2.29. The van der Waals surface area contributed by atoms with Gasteiger partial charge in [0.05, 0.1) is 0 Å². The van der Waals surface area contributed by atoms with Gasteiger partial charge in [0, 0.05) is 35.6 Å². The van der Waals surface area contributed by atoms with E-state index in [-0.39, 0.29) is 11.8 Å². The lowest BCUT2D eigenvalue weighted by Crippen LogP contribution is -2.32. The molecule has 0 aromatic heterocycles. The van der Waals surface area contributed by atoms with E-state index in [9.17, 15) is 9.59 Å². The van der Waals surface area contributed by atoms with E-state index in [2.05, 4.69) is 5.32 Å². The molecule has 5 heteroatoms. The van der Waals surface area contributed by atoms with Crippen LogP contribution >= 0.6 is 11.6 Å². The minimum absolute atomic E-state index is 0.00861. The molecule has 0 spiro atoms. The number of carbonyl (C=O) groups excluding carboxylic acids is 2. The van der Waals surface area contributed by atoms with Crippen LogP contribution in [-0.2, 0) is 17.8 Å². The molecule has 0 radical (unpaired) electrons. The van der Waals surface area contributed by atoms with E-state index >= 15 is 0 Å². The zero-order valence-electron chi connectivity index (χ0n) is 15.9. The molecule has 2 amide bonds. The molecule has 2 aromatic rings. The standard InChI is InChI=1S/C23H25ClN2O2/c24-19-3-1-2-16(14-19)6-13-22(27)26(21-11-12-21)15-17-4-7-18(8-5-17)23(28)25-20-9-10-20/h1-5,7-8,14,20-21H,6,9-13,15H2,(H,25,28). The maximum atomic E-state index is 12.8. The van der Waals surface area contributed by atoms with Crippen molar-refractivity contribution >= 4 is 23.4 Å². The van der Waals surface area contributed by atoms with Crippen LogP contribution in [0.4, 0.5) is 0 Å². The molecule has 28 heavy (non-hydrogen) atoms. The van der Waals surface area contributed by atoms with Crippen molar-refractivity contribution in [3.05, 3.63) is 70.2 Å². The molecule has 4 nitrogen and oxygen atoms in total. The van der Waals surface area contributed by atoms with Crippen LogP contribution in [0.15, 0.2) is 48.5 Å². The van der Waals surface area contributed by atoms with E-state index in [4.69, 9.17) is 11.6 Å². The molecular formula is C23H25ClN2O2. The first-order valence-electron chi connectivity index (χ1n) is 10.0. The molecule has 1 N–H and O–H groups in total. The Hall–Kier alpha value is -2.33. The summed E-state index contributed by atoms with van der Waals surface area (Å²) >= 11 is 6.03. The van der Waals surface area contributed by atoms with Gasteiger partial charge in [-0.05, 0) is 67.5 Å². The summed E-state index contributed by atoms with van der Waals surface area (Å²) in [5.41, 5.74) is 2.83. The summed E-state index contributed by atoms with van der Waals surface area (Å²) in [4.78, 5) is 26.9. The molecule has 2 aromatic carbocycles. The predicted molar refractivity (Wildman–Crippen MR) is 110 cm³/mol. The molecule has 2 fully saturated rings. The van der Waals surface area contributed by atoms with Gasteiger partial charge in [0.15, 0.2) is 0 Å². The van der Waals surface area contributed by atoms with E-state index in [1.807, 2.05) is 53.4 Å². The molecular weight excluding hydrogens is 372 g/mol. The van der Waals surface area contributed by atoms with Gasteiger partial charge in [-0.2, -0.15) is 0 Å². The number of amides is 2. The lowest BCUT2D eigenvalue weighted by atomic mass is 10.1. The first-order chi connectivity index (χ1) is 13.6. The van der Waals surface area contributed by atoms with Crippen molar-refractivity contribution in [1.29, 1.82) is 0 Å². The molecule has 0 saturated heterocycles. The summed E-state index contributed by atoms with van der Waals surface area (Å²) in [7, 11) is 0.